The Labute approximate surface area is 170 Å². The van der Waals surface area contributed by atoms with Gasteiger partial charge < -0.3 is 9.15 Å². The van der Waals surface area contributed by atoms with E-state index in [1.54, 1.807) is 36.6 Å². The van der Waals surface area contributed by atoms with Crippen molar-refractivity contribution in [3.63, 3.8) is 0 Å². The average molecular weight is 404 g/mol. The van der Waals surface area contributed by atoms with E-state index < -0.39 is 5.97 Å². The van der Waals surface area contributed by atoms with Crippen molar-refractivity contribution in [2.24, 2.45) is 0 Å². The molecule has 2 aromatic heterocycles. The van der Waals surface area contributed by atoms with Gasteiger partial charge in [-0.2, -0.15) is 0 Å². The Kier molecular flexibility index (Phi) is 5.10. The molecule has 2 aromatic carbocycles. The number of carbonyl (C=O) groups excluding carboxylic acids is 2. The quantitative estimate of drug-likeness (QED) is 0.350. The number of rotatable bonds is 5. The number of ketones is 1. The fourth-order valence-corrected chi connectivity index (χ4v) is 3.70. The third-order valence-corrected chi connectivity index (χ3v) is 5.44. The maximum Gasteiger partial charge on any atom is 0.342 e. The summed E-state index contributed by atoms with van der Waals surface area (Å²) in [6, 6.07) is 17.4. The zero-order chi connectivity index (χ0) is 20.4. The van der Waals surface area contributed by atoms with E-state index in [0.29, 0.717) is 21.6 Å². The van der Waals surface area contributed by atoms with Crippen LogP contribution in [0.5, 0.6) is 0 Å². The summed E-state index contributed by atoms with van der Waals surface area (Å²) in [7, 11) is 0. The van der Waals surface area contributed by atoms with Crippen molar-refractivity contribution in [2.75, 3.05) is 6.61 Å². The summed E-state index contributed by atoms with van der Waals surface area (Å²) >= 11 is 1.28. The molecule has 0 unspecified atom stereocenters. The van der Waals surface area contributed by atoms with E-state index in [2.05, 4.69) is 0 Å². The van der Waals surface area contributed by atoms with Gasteiger partial charge in [0.15, 0.2) is 17.6 Å². The molecule has 0 atom stereocenters. The Morgan fingerprint density at radius 3 is 2.52 bits per heavy atom. The number of carbonyl (C=O) groups is 2. The Hall–Kier alpha value is -3.51. The molecular formula is C23H16O5S. The monoisotopic (exact) mass is 404 g/mol. The molecule has 0 bridgehead atoms. The highest BCUT2D eigenvalue weighted by Gasteiger charge is 2.20. The predicted molar refractivity (Wildman–Crippen MR) is 112 cm³/mol. The highest BCUT2D eigenvalue weighted by molar-refractivity contribution is 7.12. The van der Waals surface area contributed by atoms with Crippen molar-refractivity contribution in [3.05, 3.63) is 92.3 Å². The van der Waals surface area contributed by atoms with E-state index in [1.807, 2.05) is 30.3 Å². The predicted octanol–water partition coefficient (Wildman–Crippen LogP) is 4.87. The number of esters is 1. The lowest BCUT2D eigenvalue weighted by Crippen LogP contribution is -2.15. The molecule has 0 amide bonds. The van der Waals surface area contributed by atoms with Gasteiger partial charge in [-0.05, 0) is 30.5 Å². The Balaban J connectivity index is 1.73. The number of benzene rings is 2. The van der Waals surface area contributed by atoms with E-state index in [-0.39, 0.29) is 29.0 Å². The third-order valence-electron chi connectivity index (χ3n) is 4.53. The topological polar surface area (TPSA) is 73.6 Å². The SMILES string of the molecule is Cc1c(-c2ccccc2)oc2c(C(=O)OCC(=O)c3cccs3)cccc2c1=O. The largest absolute Gasteiger partial charge is 0.455 e. The molecule has 144 valence electrons. The van der Waals surface area contributed by atoms with Gasteiger partial charge >= 0.3 is 5.97 Å². The minimum absolute atomic E-state index is 0.107. The molecule has 0 aliphatic carbocycles. The van der Waals surface area contributed by atoms with Crippen LogP contribution in [0.25, 0.3) is 22.3 Å². The third kappa shape index (κ3) is 3.62. The van der Waals surface area contributed by atoms with Crippen molar-refractivity contribution < 1.29 is 18.7 Å². The number of para-hydroxylation sites is 1. The van der Waals surface area contributed by atoms with Crippen LogP contribution in [0.4, 0.5) is 0 Å². The average Bonchev–Trinajstić information content (AvgIpc) is 3.29. The maximum atomic E-state index is 12.9. The van der Waals surface area contributed by atoms with Crippen LogP contribution in [-0.2, 0) is 4.74 Å². The molecule has 29 heavy (non-hydrogen) atoms. The first-order valence-corrected chi connectivity index (χ1v) is 9.80. The summed E-state index contributed by atoms with van der Waals surface area (Å²) < 4.78 is 11.2. The molecule has 0 aliphatic rings. The second kappa shape index (κ2) is 7.85. The minimum atomic E-state index is -0.716. The molecule has 0 aliphatic heterocycles. The van der Waals surface area contributed by atoms with Crippen LogP contribution < -0.4 is 5.43 Å². The normalized spacial score (nSPS) is 10.8. The van der Waals surface area contributed by atoms with Gasteiger partial charge in [0.05, 0.1) is 10.3 Å². The molecule has 0 fully saturated rings. The number of fused-ring (bicyclic) bond motifs is 1. The molecule has 4 rings (SSSR count). The highest BCUT2D eigenvalue weighted by atomic mass is 32.1. The van der Waals surface area contributed by atoms with Crippen molar-refractivity contribution in [1.82, 2.24) is 0 Å². The van der Waals surface area contributed by atoms with Crippen molar-refractivity contribution in [3.8, 4) is 11.3 Å². The number of hydrogen-bond donors (Lipinski definition) is 0. The number of thiophene rings is 1. The smallest absolute Gasteiger partial charge is 0.342 e. The molecule has 0 saturated heterocycles. The molecule has 0 N–H and O–H groups in total. The van der Waals surface area contributed by atoms with E-state index in [0.717, 1.165) is 5.56 Å². The van der Waals surface area contributed by atoms with Gasteiger partial charge in [-0.15, -0.1) is 11.3 Å². The van der Waals surface area contributed by atoms with Gasteiger partial charge in [-0.25, -0.2) is 4.79 Å². The van der Waals surface area contributed by atoms with Crippen LogP contribution in [0.15, 0.2) is 75.3 Å². The van der Waals surface area contributed by atoms with Gasteiger partial charge in [-0.3, -0.25) is 9.59 Å². The van der Waals surface area contributed by atoms with Crippen LogP contribution >= 0.6 is 11.3 Å². The van der Waals surface area contributed by atoms with Crippen molar-refractivity contribution >= 4 is 34.1 Å². The molecule has 0 radical (unpaired) electrons. The second-order valence-corrected chi connectivity index (χ2v) is 7.36. The van der Waals surface area contributed by atoms with Crippen LogP contribution in [0.3, 0.4) is 0 Å². The first-order chi connectivity index (χ1) is 14.1. The molecule has 6 heteroatoms. The van der Waals surface area contributed by atoms with Gasteiger partial charge in [0.25, 0.3) is 0 Å². The van der Waals surface area contributed by atoms with E-state index in [1.165, 1.54) is 17.4 Å². The highest BCUT2D eigenvalue weighted by Crippen LogP contribution is 2.27. The second-order valence-electron chi connectivity index (χ2n) is 6.41. The minimum Gasteiger partial charge on any atom is -0.455 e. The van der Waals surface area contributed by atoms with Crippen LogP contribution in [0, 0.1) is 6.92 Å². The lowest BCUT2D eigenvalue weighted by Gasteiger charge is -2.10. The Bertz CT molecular complexity index is 1250. The lowest BCUT2D eigenvalue weighted by atomic mass is 10.0. The molecule has 4 aromatic rings. The molecule has 2 heterocycles. The van der Waals surface area contributed by atoms with Gasteiger partial charge in [0, 0.05) is 11.1 Å². The number of ether oxygens (including phenoxy) is 1. The molecular weight excluding hydrogens is 388 g/mol. The number of hydrogen-bond acceptors (Lipinski definition) is 6. The molecule has 5 nitrogen and oxygen atoms in total. The molecule has 0 spiro atoms. The van der Waals surface area contributed by atoms with Crippen LogP contribution in [0.1, 0.15) is 25.6 Å². The first-order valence-electron chi connectivity index (χ1n) is 8.92. The van der Waals surface area contributed by atoms with Crippen LogP contribution in [0.2, 0.25) is 0 Å². The standard InChI is InChI=1S/C23H16O5S/c1-14-20(25)16-9-5-10-17(22(16)28-21(14)15-7-3-2-4-8-15)23(26)27-13-18(24)19-11-6-12-29-19/h2-12H,13H2,1H3. The zero-order valence-electron chi connectivity index (χ0n) is 15.5. The molecule has 0 saturated carbocycles. The Morgan fingerprint density at radius 1 is 1.00 bits per heavy atom. The Morgan fingerprint density at radius 2 is 1.79 bits per heavy atom. The summed E-state index contributed by atoms with van der Waals surface area (Å²) in [6.07, 6.45) is 0. The van der Waals surface area contributed by atoms with Gasteiger partial charge in [0.2, 0.25) is 5.78 Å². The van der Waals surface area contributed by atoms with E-state index in [9.17, 15) is 14.4 Å². The van der Waals surface area contributed by atoms with Gasteiger partial charge in [0.1, 0.15) is 11.3 Å². The van der Waals surface area contributed by atoms with Gasteiger partial charge in [-0.1, -0.05) is 42.5 Å². The summed E-state index contributed by atoms with van der Waals surface area (Å²) in [5.41, 5.74) is 1.24. The van der Waals surface area contributed by atoms with Crippen LogP contribution in [-0.4, -0.2) is 18.4 Å². The lowest BCUT2D eigenvalue weighted by molar-refractivity contribution is 0.0476. The van der Waals surface area contributed by atoms with Crippen molar-refractivity contribution in [1.29, 1.82) is 0 Å². The first kappa shape index (κ1) is 18.8. The zero-order valence-corrected chi connectivity index (χ0v) is 16.3. The van der Waals surface area contributed by atoms with Crippen molar-refractivity contribution in [2.45, 2.75) is 6.92 Å². The number of Topliss-reactive ketones (excluding diaryl/α,β-unsaturated/α-hetero) is 1. The maximum absolute atomic E-state index is 12.9. The van der Waals surface area contributed by atoms with E-state index in [4.69, 9.17) is 9.15 Å². The summed E-state index contributed by atoms with van der Waals surface area (Å²) in [4.78, 5) is 38.1. The fraction of sp³-hybridized carbons (Fsp3) is 0.0870. The van der Waals surface area contributed by atoms with E-state index >= 15 is 0 Å². The summed E-state index contributed by atoms with van der Waals surface area (Å²) in [5, 5.41) is 2.07. The summed E-state index contributed by atoms with van der Waals surface area (Å²) in [5.74, 6) is -0.597. The fourth-order valence-electron chi connectivity index (χ4n) is 3.05. The summed E-state index contributed by atoms with van der Waals surface area (Å²) in [6.45, 7) is 1.32.